The molecule has 0 N–H and O–H groups in total. The number of aliphatic imine (C=N–C) groups is 1. The SMILES string of the molecule is Clc1ccc(Sc2ccc(C=Nc3cccc(Br)c3)cc2)cc1. The van der Waals surface area contributed by atoms with Gasteiger partial charge in [-0.25, -0.2) is 0 Å². The van der Waals surface area contributed by atoms with E-state index in [1.54, 1.807) is 11.8 Å². The zero-order valence-corrected chi connectivity index (χ0v) is 15.3. The van der Waals surface area contributed by atoms with Gasteiger partial charge in [0.1, 0.15) is 0 Å². The second kappa shape index (κ2) is 7.82. The second-order valence-corrected chi connectivity index (χ2v) is 7.36. The average molecular weight is 403 g/mol. The smallest absolute Gasteiger partial charge is 0.0641 e. The Balaban J connectivity index is 1.68. The number of hydrogen-bond acceptors (Lipinski definition) is 2. The van der Waals surface area contributed by atoms with Crippen molar-refractivity contribution in [3.8, 4) is 0 Å². The van der Waals surface area contributed by atoms with Gasteiger partial charge in [0.05, 0.1) is 5.69 Å². The molecule has 0 amide bonds. The van der Waals surface area contributed by atoms with Crippen molar-refractivity contribution >= 4 is 51.2 Å². The predicted molar refractivity (Wildman–Crippen MR) is 103 cm³/mol. The molecule has 3 aromatic rings. The number of hydrogen-bond donors (Lipinski definition) is 0. The first-order valence-corrected chi connectivity index (χ1v) is 9.01. The van der Waals surface area contributed by atoms with Gasteiger partial charge in [-0.1, -0.05) is 57.5 Å². The van der Waals surface area contributed by atoms with E-state index < -0.39 is 0 Å². The van der Waals surface area contributed by atoms with Crippen LogP contribution in [-0.4, -0.2) is 6.21 Å². The van der Waals surface area contributed by atoms with E-state index in [-0.39, 0.29) is 0 Å². The standard InChI is InChI=1S/C19H13BrClNS/c20-15-2-1-3-17(12-15)22-13-14-4-8-18(9-5-14)23-19-10-6-16(21)7-11-19/h1-13H. The Bertz CT molecular complexity index is 814. The van der Waals surface area contributed by atoms with Crippen LogP contribution in [0.3, 0.4) is 0 Å². The number of rotatable bonds is 4. The first-order valence-electron chi connectivity index (χ1n) is 7.02. The van der Waals surface area contributed by atoms with E-state index >= 15 is 0 Å². The molecular formula is C19H13BrClNS. The van der Waals surface area contributed by atoms with Crippen LogP contribution in [0.25, 0.3) is 0 Å². The van der Waals surface area contributed by atoms with E-state index in [0.717, 1.165) is 20.7 Å². The molecule has 0 unspecified atom stereocenters. The zero-order chi connectivity index (χ0) is 16.1. The fraction of sp³-hybridized carbons (Fsp3) is 0. The van der Waals surface area contributed by atoms with E-state index in [1.807, 2.05) is 54.7 Å². The van der Waals surface area contributed by atoms with Crippen molar-refractivity contribution in [2.75, 3.05) is 0 Å². The largest absolute Gasteiger partial charge is 0.256 e. The monoisotopic (exact) mass is 401 g/mol. The lowest BCUT2D eigenvalue weighted by Crippen LogP contribution is -1.81. The van der Waals surface area contributed by atoms with Crippen molar-refractivity contribution in [3.63, 3.8) is 0 Å². The molecular weight excluding hydrogens is 390 g/mol. The second-order valence-electron chi connectivity index (χ2n) is 4.86. The highest BCUT2D eigenvalue weighted by Crippen LogP contribution is 2.28. The maximum absolute atomic E-state index is 5.90. The molecule has 114 valence electrons. The van der Waals surface area contributed by atoms with Crippen LogP contribution < -0.4 is 0 Å². The molecule has 0 bridgehead atoms. The van der Waals surface area contributed by atoms with Crippen LogP contribution in [0.1, 0.15) is 5.56 Å². The molecule has 0 atom stereocenters. The van der Waals surface area contributed by atoms with Crippen molar-refractivity contribution in [1.82, 2.24) is 0 Å². The lowest BCUT2D eigenvalue weighted by atomic mass is 10.2. The Morgan fingerprint density at radius 1 is 0.870 bits per heavy atom. The van der Waals surface area contributed by atoms with Gasteiger partial charge in [0.2, 0.25) is 0 Å². The van der Waals surface area contributed by atoms with Gasteiger partial charge in [0, 0.05) is 25.5 Å². The molecule has 23 heavy (non-hydrogen) atoms. The van der Waals surface area contributed by atoms with Crippen molar-refractivity contribution in [3.05, 3.63) is 87.9 Å². The van der Waals surface area contributed by atoms with Gasteiger partial charge in [0.15, 0.2) is 0 Å². The molecule has 0 heterocycles. The van der Waals surface area contributed by atoms with Crippen LogP contribution in [0.4, 0.5) is 5.69 Å². The van der Waals surface area contributed by atoms with E-state index in [2.05, 4.69) is 45.2 Å². The van der Waals surface area contributed by atoms with Crippen molar-refractivity contribution in [2.24, 2.45) is 4.99 Å². The Kier molecular flexibility index (Phi) is 5.55. The molecule has 1 nitrogen and oxygen atoms in total. The third kappa shape index (κ3) is 4.96. The van der Waals surface area contributed by atoms with Gasteiger partial charge >= 0.3 is 0 Å². The summed E-state index contributed by atoms with van der Waals surface area (Å²) < 4.78 is 1.03. The van der Waals surface area contributed by atoms with E-state index in [1.165, 1.54) is 9.79 Å². The van der Waals surface area contributed by atoms with E-state index in [9.17, 15) is 0 Å². The van der Waals surface area contributed by atoms with Crippen LogP contribution in [0.2, 0.25) is 5.02 Å². The highest BCUT2D eigenvalue weighted by atomic mass is 79.9. The lowest BCUT2D eigenvalue weighted by Gasteiger charge is -2.02. The molecule has 0 aliphatic heterocycles. The number of benzene rings is 3. The van der Waals surface area contributed by atoms with Crippen LogP contribution >= 0.6 is 39.3 Å². The Hall–Kier alpha value is -1.55. The molecule has 3 rings (SSSR count). The molecule has 0 saturated heterocycles. The van der Waals surface area contributed by atoms with Gasteiger partial charge in [-0.05, 0) is 60.2 Å². The fourth-order valence-electron chi connectivity index (χ4n) is 1.97. The van der Waals surface area contributed by atoms with Crippen LogP contribution in [0.15, 0.2) is 92.1 Å². The topological polar surface area (TPSA) is 12.4 Å². The first-order chi connectivity index (χ1) is 11.2. The molecule has 0 aliphatic rings. The molecule has 0 fully saturated rings. The fourth-order valence-corrected chi connectivity index (χ4v) is 3.30. The maximum atomic E-state index is 5.90. The lowest BCUT2D eigenvalue weighted by molar-refractivity contribution is 1.40. The first kappa shape index (κ1) is 16.3. The molecule has 0 aromatic heterocycles. The van der Waals surface area contributed by atoms with Crippen LogP contribution in [0, 0.1) is 0 Å². The summed E-state index contributed by atoms with van der Waals surface area (Å²) in [6, 6.07) is 24.1. The Morgan fingerprint density at radius 3 is 2.17 bits per heavy atom. The van der Waals surface area contributed by atoms with Crippen molar-refractivity contribution in [1.29, 1.82) is 0 Å². The summed E-state index contributed by atoms with van der Waals surface area (Å²) in [5.41, 5.74) is 2.00. The molecule has 0 spiro atoms. The summed E-state index contributed by atoms with van der Waals surface area (Å²) in [6.07, 6.45) is 1.87. The molecule has 3 aromatic carbocycles. The minimum Gasteiger partial charge on any atom is -0.256 e. The normalized spacial score (nSPS) is 11.0. The predicted octanol–water partition coefficient (Wildman–Crippen LogP) is 7.00. The average Bonchev–Trinajstić information content (AvgIpc) is 2.56. The maximum Gasteiger partial charge on any atom is 0.0641 e. The quantitative estimate of drug-likeness (QED) is 0.428. The summed E-state index contributed by atoms with van der Waals surface area (Å²) in [7, 11) is 0. The van der Waals surface area contributed by atoms with Gasteiger partial charge in [0.25, 0.3) is 0 Å². The number of nitrogens with zero attached hydrogens (tertiary/aromatic N) is 1. The van der Waals surface area contributed by atoms with E-state index in [0.29, 0.717) is 0 Å². The Morgan fingerprint density at radius 2 is 1.52 bits per heavy atom. The summed E-state index contributed by atoms with van der Waals surface area (Å²) >= 11 is 11.1. The highest BCUT2D eigenvalue weighted by molar-refractivity contribution is 9.10. The summed E-state index contributed by atoms with van der Waals surface area (Å²) in [5.74, 6) is 0. The summed E-state index contributed by atoms with van der Waals surface area (Å²) in [4.78, 5) is 6.84. The molecule has 0 radical (unpaired) electrons. The van der Waals surface area contributed by atoms with Gasteiger partial charge in [-0.15, -0.1) is 0 Å². The highest BCUT2D eigenvalue weighted by Gasteiger charge is 1.98. The minimum absolute atomic E-state index is 0.758. The molecule has 0 saturated carbocycles. The summed E-state index contributed by atoms with van der Waals surface area (Å²) in [5, 5.41) is 0.758. The van der Waals surface area contributed by atoms with Gasteiger partial charge in [-0.2, -0.15) is 0 Å². The minimum atomic E-state index is 0.758. The van der Waals surface area contributed by atoms with Gasteiger partial charge < -0.3 is 0 Å². The summed E-state index contributed by atoms with van der Waals surface area (Å²) in [6.45, 7) is 0. The van der Waals surface area contributed by atoms with Crippen molar-refractivity contribution in [2.45, 2.75) is 9.79 Å². The van der Waals surface area contributed by atoms with Gasteiger partial charge in [-0.3, -0.25) is 4.99 Å². The zero-order valence-electron chi connectivity index (χ0n) is 12.1. The Labute approximate surface area is 153 Å². The number of halogens is 2. The van der Waals surface area contributed by atoms with Crippen LogP contribution in [0.5, 0.6) is 0 Å². The van der Waals surface area contributed by atoms with E-state index in [4.69, 9.17) is 11.6 Å². The van der Waals surface area contributed by atoms with Crippen molar-refractivity contribution < 1.29 is 0 Å². The third-order valence-electron chi connectivity index (χ3n) is 3.10. The van der Waals surface area contributed by atoms with Crippen LogP contribution in [-0.2, 0) is 0 Å². The molecule has 0 aliphatic carbocycles. The third-order valence-corrected chi connectivity index (χ3v) is 4.86. The molecule has 4 heteroatoms.